The average Bonchev–Trinajstić information content (AvgIpc) is 3.03. The first kappa shape index (κ1) is 20.4. The van der Waals surface area contributed by atoms with Crippen molar-refractivity contribution in [2.75, 3.05) is 17.6 Å². The summed E-state index contributed by atoms with van der Waals surface area (Å²) in [6.07, 6.45) is 9.93. The molecule has 5 aliphatic rings. The van der Waals surface area contributed by atoms with Crippen molar-refractivity contribution in [1.82, 2.24) is 4.90 Å². The highest BCUT2D eigenvalue weighted by atomic mass is 32.2. The Morgan fingerprint density at radius 3 is 2.37 bits per heavy atom. The van der Waals surface area contributed by atoms with Gasteiger partial charge in [-0.25, -0.2) is 0 Å². The van der Waals surface area contributed by atoms with Crippen LogP contribution in [-0.4, -0.2) is 39.9 Å². The zero-order chi connectivity index (χ0) is 20.7. The number of nitrogens with zero attached hydrogens (tertiary/aromatic N) is 2. The molecule has 30 heavy (non-hydrogen) atoms. The van der Waals surface area contributed by atoms with E-state index in [0.29, 0.717) is 6.42 Å². The van der Waals surface area contributed by atoms with Crippen LogP contribution in [0.4, 0.5) is 5.69 Å². The maximum Gasteiger partial charge on any atom is 0.226 e. The molecule has 4 saturated carbocycles. The number of aliphatic imine (C=N–C) groups is 1. The van der Waals surface area contributed by atoms with Crippen molar-refractivity contribution in [2.45, 2.75) is 76.8 Å². The third-order valence-corrected chi connectivity index (χ3v) is 8.79. The second kappa shape index (κ2) is 8.22. The summed E-state index contributed by atoms with van der Waals surface area (Å²) < 4.78 is 0. The lowest BCUT2D eigenvalue weighted by molar-refractivity contribution is -0.116. The zero-order valence-electron chi connectivity index (χ0n) is 18.4. The minimum Gasteiger partial charge on any atom is -0.347 e. The van der Waals surface area contributed by atoms with Crippen LogP contribution in [0.5, 0.6) is 0 Å². The second-order valence-electron chi connectivity index (χ2n) is 10.3. The molecule has 1 saturated heterocycles. The molecule has 6 rings (SSSR count). The lowest BCUT2D eigenvalue weighted by Crippen LogP contribution is -2.50. The zero-order valence-corrected chi connectivity index (χ0v) is 19.2. The molecule has 5 fully saturated rings. The van der Waals surface area contributed by atoms with Gasteiger partial charge in [-0.05, 0) is 81.8 Å². The molecule has 1 aromatic rings. The molecular weight excluding hydrogens is 390 g/mol. The fourth-order valence-electron chi connectivity index (χ4n) is 6.75. The van der Waals surface area contributed by atoms with Gasteiger partial charge in [-0.3, -0.25) is 9.79 Å². The molecule has 1 aromatic carbocycles. The van der Waals surface area contributed by atoms with Crippen molar-refractivity contribution >= 4 is 28.5 Å². The molecule has 1 heterocycles. The monoisotopic (exact) mass is 425 g/mol. The van der Waals surface area contributed by atoms with Crippen LogP contribution in [0.1, 0.15) is 63.9 Å². The lowest BCUT2D eigenvalue weighted by atomic mass is 9.53. The predicted molar refractivity (Wildman–Crippen MR) is 126 cm³/mol. The van der Waals surface area contributed by atoms with Crippen molar-refractivity contribution < 1.29 is 4.79 Å². The third-order valence-electron chi connectivity index (χ3n) is 7.65. The first-order valence-electron chi connectivity index (χ1n) is 11.9. The van der Waals surface area contributed by atoms with E-state index >= 15 is 0 Å². The number of anilines is 1. The van der Waals surface area contributed by atoms with Crippen LogP contribution in [0.2, 0.25) is 0 Å². The van der Waals surface area contributed by atoms with Gasteiger partial charge in [0.2, 0.25) is 5.91 Å². The van der Waals surface area contributed by atoms with Crippen LogP contribution in [0.25, 0.3) is 0 Å². The number of rotatable bonds is 6. The van der Waals surface area contributed by atoms with Crippen LogP contribution in [0.15, 0.2) is 29.3 Å². The molecule has 1 N–H and O–H groups in total. The van der Waals surface area contributed by atoms with Crippen LogP contribution in [-0.2, 0) is 4.79 Å². The number of amides is 1. The number of carbonyl (C=O) groups is 1. The number of thioether (sulfide) groups is 1. The Hall–Kier alpha value is -1.49. The molecular formula is C25H35N3OS. The van der Waals surface area contributed by atoms with Crippen molar-refractivity contribution in [1.29, 1.82) is 0 Å². The van der Waals surface area contributed by atoms with Gasteiger partial charge in [-0.2, -0.15) is 0 Å². The van der Waals surface area contributed by atoms with Crippen LogP contribution in [0.3, 0.4) is 0 Å². The largest absolute Gasteiger partial charge is 0.347 e. The maximum atomic E-state index is 12.7. The molecule has 4 nitrogen and oxygen atoms in total. The van der Waals surface area contributed by atoms with Gasteiger partial charge >= 0.3 is 0 Å². The van der Waals surface area contributed by atoms with Crippen LogP contribution < -0.4 is 5.32 Å². The summed E-state index contributed by atoms with van der Waals surface area (Å²) in [6, 6.07) is 8.32. The lowest BCUT2D eigenvalue weighted by Gasteiger charge is -2.55. The highest BCUT2D eigenvalue weighted by Gasteiger charge is 2.51. The smallest absolute Gasteiger partial charge is 0.226 e. The maximum absolute atomic E-state index is 12.7. The van der Waals surface area contributed by atoms with Gasteiger partial charge in [0.25, 0.3) is 0 Å². The summed E-state index contributed by atoms with van der Waals surface area (Å²) in [4.78, 5) is 20.7. The Kier molecular flexibility index (Phi) is 5.59. The molecule has 0 aromatic heterocycles. The normalized spacial score (nSPS) is 35.9. The highest BCUT2D eigenvalue weighted by Crippen LogP contribution is 2.57. The summed E-state index contributed by atoms with van der Waals surface area (Å²) >= 11 is 1.89. The van der Waals surface area contributed by atoms with Gasteiger partial charge in [0.1, 0.15) is 0 Å². The number of carbonyl (C=O) groups excluding carboxylic acids is 1. The summed E-state index contributed by atoms with van der Waals surface area (Å²) in [5.74, 6) is 3.85. The van der Waals surface area contributed by atoms with Gasteiger partial charge < -0.3 is 10.2 Å². The summed E-state index contributed by atoms with van der Waals surface area (Å²) in [7, 11) is 0. The molecule has 0 radical (unpaired) electrons. The predicted octanol–water partition coefficient (Wildman–Crippen LogP) is 5.48. The first-order chi connectivity index (χ1) is 14.5. The van der Waals surface area contributed by atoms with Crippen LogP contribution in [0, 0.1) is 24.7 Å². The van der Waals surface area contributed by atoms with Gasteiger partial charge in [-0.15, -0.1) is 0 Å². The molecule has 1 aliphatic heterocycles. The Morgan fingerprint density at radius 2 is 1.77 bits per heavy atom. The SMILES string of the molecule is CCCN1C(=NC23CC4CC(CC(C4)C2)C3)SCC1CC(=O)Nc1ccc(C)cc1. The van der Waals surface area contributed by atoms with Gasteiger partial charge in [0.15, 0.2) is 5.17 Å². The number of aryl methyl sites for hydroxylation is 1. The van der Waals surface area contributed by atoms with E-state index in [1.807, 2.05) is 36.0 Å². The highest BCUT2D eigenvalue weighted by molar-refractivity contribution is 8.14. The van der Waals surface area contributed by atoms with Crippen molar-refractivity contribution in [3.05, 3.63) is 29.8 Å². The summed E-state index contributed by atoms with van der Waals surface area (Å²) in [5.41, 5.74) is 2.31. The molecule has 162 valence electrons. The van der Waals surface area contributed by atoms with Crippen molar-refractivity contribution in [3.63, 3.8) is 0 Å². The summed E-state index contributed by atoms with van der Waals surface area (Å²) in [6.45, 7) is 5.30. The second-order valence-corrected chi connectivity index (χ2v) is 11.3. The fraction of sp³-hybridized carbons (Fsp3) is 0.680. The molecule has 1 unspecified atom stereocenters. The third kappa shape index (κ3) is 4.15. The van der Waals surface area contributed by atoms with E-state index in [4.69, 9.17) is 4.99 Å². The fourth-order valence-corrected chi connectivity index (χ4v) is 8.06. The molecule has 5 heteroatoms. The Bertz CT molecular complexity index is 783. The number of hydrogen-bond donors (Lipinski definition) is 1. The van der Waals surface area contributed by atoms with E-state index in [1.54, 1.807) is 0 Å². The van der Waals surface area contributed by atoms with E-state index in [1.165, 1.54) is 49.3 Å². The van der Waals surface area contributed by atoms with E-state index in [0.717, 1.165) is 42.2 Å². The van der Waals surface area contributed by atoms with Gasteiger partial charge in [-0.1, -0.05) is 36.4 Å². The van der Waals surface area contributed by atoms with E-state index in [9.17, 15) is 4.79 Å². The topological polar surface area (TPSA) is 44.7 Å². The van der Waals surface area contributed by atoms with E-state index in [-0.39, 0.29) is 17.5 Å². The molecule has 1 atom stereocenters. The quantitative estimate of drug-likeness (QED) is 0.657. The molecule has 4 bridgehead atoms. The van der Waals surface area contributed by atoms with Gasteiger partial charge in [0.05, 0.1) is 5.54 Å². The minimum atomic E-state index is 0.113. The molecule has 4 aliphatic carbocycles. The van der Waals surface area contributed by atoms with Crippen LogP contribution >= 0.6 is 11.8 Å². The Balaban J connectivity index is 1.28. The van der Waals surface area contributed by atoms with Gasteiger partial charge in [0, 0.05) is 30.4 Å². The molecule has 0 spiro atoms. The van der Waals surface area contributed by atoms with Crippen molar-refractivity contribution in [2.24, 2.45) is 22.7 Å². The Labute approximate surface area is 185 Å². The number of nitrogens with one attached hydrogen (secondary N) is 1. The number of benzene rings is 1. The number of amidine groups is 1. The standard InChI is InChI=1S/C25H35N3OS/c1-3-8-28-22(12-23(29)26-21-6-4-17(2)5-7-21)16-30-24(28)27-25-13-18-9-19(14-25)11-20(10-18)15-25/h4-7,18-20,22H,3,8-16H2,1-2H3,(H,26,29). The van der Waals surface area contributed by atoms with Crippen molar-refractivity contribution in [3.8, 4) is 0 Å². The van der Waals surface area contributed by atoms with E-state index < -0.39 is 0 Å². The Morgan fingerprint density at radius 1 is 1.13 bits per heavy atom. The minimum absolute atomic E-state index is 0.113. The first-order valence-corrected chi connectivity index (χ1v) is 12.9. The summed E-state index contributed by atoms with van der Waals surface area (Å²) in [5, 5.41) is 4.31. The van der Waals surface area contributed by atoms with E-state index in [2.05, 4.69) is 24.1 Å². The number of hydrogen-bond acceptors (Lipinski definition) is 3. The average molecular weight is 426 g/mol. The molecule has 1 amide bonds.